The molecule has 1 heterocycles. The van der Waals surface area contributed by atoms with Crippen LogP contribution in [0, 0.1) is 0 Å². The molecule has 1 rings (SSSR count). The van der Waals surface area contributed by atoms with Gasteiger partial charge in [0.15, 0.2) is 0 Å². The normalized spacial score (nSPS) is 9.73. The van der Waals surface area contributed by atoms with Gasteiger partial charge >= 0.3 is 0 Å². The third-order valence-corrected chi connectivity index (χ3v) is 2.18. The molecule has 0 fully saturated rings. The maximum absolute atomic E-state index is 5.81. The van der Waals surface area contributed by atoms with E-state index in [9.17, 15) is 0 Å². The summed E-state index contributed by atoms with van der Waals surface area (Å²) >= 11 is 7.41. The van der Waals surface area contributed by atoms with Crippen LogP contribution in [0.3, 0.4) is 0 Å². The second-order valence-corrected chi connectivity index (χ2v) is 3.15. The van der Waals surface area contributed by atoms with Gasteiger partial charge in [-0.15, -0.1) is 11.8 Å². The quantitative estimate of drug-likeness (QED) is 0.668. The van der Waals surface area contributed by atoms with Gasteiger partial charge in [0.25, 0.3) is 0 Å². The smallest absolute Gasteiger partial charge is 0.232 e. The Balaban J connectivity index is 2.99. The summed E-state index contributed by atoms with van der Waals surface area (Å²) in [6.07, 6.45) is 3.70. The van der Waals surface area contributed by atoms with E-state index in [1.54, 1.807) is 25.1 Å². The van der Waals surface area contributed by atoms with E-state index in [4.69, 9.17) is 16.3 Å². The molecule has 0 bridgehead atoms. The maximum Gasteiger partial charge on any atom is 0.232 e. The van der Waals surface area contributed by atoms with Crippen molar-refractivity contribution in [1.82, 2.24) is 4.98 Å². The molecule has 0 aliphatic rings. The van der Waals surface area contributed by atoms with Gasteiger partial charge in [0.05, 0.1) is 7.11 Å². The van der Waals surface area contributed by atoms with Crippen molar-refractivity contribution in [1.29, 1.82) is 0 Å². The number of rotatable bonds is 2. The van der Waals surface area contributed by atoms with Crippen molar-refractivity contribution in [3.8, 4) is 5.88 Å². The van der Waals surface area contributed by atoms with Crippen LogP contribution < -0.4 is 4.74 Å². The Labute approximate surface area is 74.9 Å². The first-order valence-electron chi connectivity index (χ1n) is 3.01. The van der Waals surface area contributed by atoms with Gasteiger partial charge in [-0.1, -0.05) is 11.6 Å². The number of pyridine rings is 1. The molecule has 0 amide bonds. The van der Waals surface area contributed by atoms with Gasteiger partial charge in [-0.3, -0.25) is 0 Å². The zero-order valence-corrected chi connectivity index (χ0v) is 7.87. The van der Waals surface area contributed by atoms with Crippen molar-refractivity contribution in [2.24, 2.45) is 0 Å². The van der Waals surface area contributed by atoms with E-state index < -0.39 is 0 Å². The number of thioether (sulfide) groups is 1. The first-order chi connectivity index (χ1) is 5.27. The number of halogens is 1. The van der Waals surface area contributed by atoms with Gasteiger partial charge in [-0.25, -0.2) is 4.98 Å². The number of nitrogens with zero attached hydrogens (tertiary/aromatic N) is 1. The highest BCUT2D eigenvalue weighted by molar-refractivity contribution is 7.98. The molecule has 0 atom stereocenters. The minimum atomic E-state index is 0.476. The fourth-order valence-corrected chi connectivity index (χ4v) is 1.37. The Hall–Kier alpha value is -0.410. The molecule has 0 saturated heterocycles. The predicted molar refractivity (Wildman–Crippen MR) is 47.6 cm³/mol. The van der Waals surface area contributed by atoms with Crippen LogP contribution in [0.25, 0.3) is 0 Å². The first-order valence-corrected chi connectivity index (χ1v) is 4.61. The number of ether oxygens (including phenoxy) is 1. The molecule has 0 unspecified atom stereocenters. The minimum Gasteiger partial charge on any atom is -0.480 e. The number of methoxy groups -OCH3 is 1. The first kappa shape index (κ1) is 8.68. The van der Waals surface area contributed by atoms with Crippen molar-refractivity contribution < 1.29 is 4.74 Å². The van der Waals surface area contributed by atoms with Crippen LogP contribution in [0.5, 0.6) is 5.88 Å². The summed E-state index contributed by atoms with van der Waals surface area (Å²) in [7, 11) is 1.55. The molecular weight excluding hydrogens is 182 g/mol. The molecule has 0 aliphatic carbocycles. The molecule has 11 heavy (non-hydrogen) atoms. The second kappa shape index (κ2) is 3.83. The lowest BCUT2D eigenvalue weighted by atomic mass is 10.5. The molecule has 0 spiro atoms. The van der Waals surface area contributed by atoms with Crippen molar-refractivity contribution in [3.63, 3.8) is 0 Å². The average Bonchev–Trinajstić information content (AvgIpc) is 2.04. The van der Waals surface area contributed by atoms with Crippen LogP contribution in [0.1, 0.15) is 0 Å². The minimum absolute atomic E-state index is 0.476. The second-order valence-electron chi connectivity index (χ2n) is 1.87. The molecule has 0 saturated carbocycles. The number of aromatic nitrogens is 1. The average molecular weight is 190 g/mol. The van der Waals surface area contributed by atoms with Crippen molar-refractivity contribution >= 4 is 23.4 Å². The van der Waals surface area contributed by atoms with Crippen LogP contribution in [0.15, 0.2) is 17.2 Å². The van der Waals surface area contributed by atoms with Gasteiger partial charge in [-0.2, -0.15) is 0 Å². The van der Waals surface area contributed by atoms with Gasteiger partial charge < -0.3 is 4.74 Å². The zero-order valence-electron chi connectivity index (χ0n) is 6.30. The Morgan fingerprint density at radius 2 is 2.36 bits per heavy atom. The van der Waals surface area contributed by atoms with E-state index in [1.807, 2.05) is 12.3 Å². The highest BCUT2D eigenvalue weighted by atomic mass is 35.5. The molecule has 1 aromatic heterocycles. The maximum atomic E-state index is 5.81. The third kappa shape index (κ3) is 2.01. The monoisotopic (exact) mass is 189 g/mol. The van der Waals surface area contributed by atoms with E-state index in [0.717, 1.165) is 4.90 Å². The lowest BCUT2D eigenvalue weighted by Gasteiger charge is -2.01. The van der Waals surface area contributed by atoms with Gasteiger partial charge in [0.1, 0.15) is 5.02 Å². The van der Waals surface area contributed by atoms with Crippen molar-refractivity contribution in [2.45, 2.75) is 4.90 Å². The van der Waals surface area contributed by atoms with E-state index >= 15 is 0 Å². The molecule has 0 aromatic carbocycles. The Bertz CT molecular complexity index is 254. The lowest BCUT2D eigenvalue weighted by Crippen LogP contribution is -1.87. The van der Waals surface area contributed by atoms with Gasteiger partial charge in [-0.05, 0) is 12.3 Å². The van der Waals surface area contributed by atoms with E-state index in [0.29, 0.717) is 10.9 Å². The summed E-state index contributed by atoms with van der Waals surface area (Å²) in [4.78, 5) is 5.03. The Morgan fingerprint density at radius 3 is 2.82 bits per heavy atom. The standard InChI is InChI=1S/C7H8ClNOS/c1-10-7-6(8)3-5(11-2)4-9-7/h3-4H,1-2H3. The van der Waals surface area contributed by atoms with Crippen LogP contribution in [0.2, 0.25) is 5.02 Å². The molecule has 0 aliphatic heterocycles. The summed E-state index contributed by atoms with van der Waals surface area (Å²) < 4.78 is 4.89. The molecule has 0 radical (unpaired) electrons. The molecule has 60 valence electrons. The molecule has 4 heteroatoms. The van der Waals surface area contributed by atoms with E-state index in [-0.39, 0.29) is 0 Å². The summed E-state index contributed by atoms with van der Waals surface area (Å²) in [5.74, 6) is 0.476. The number of hydrogen-bond acceptors (Lipinski definition) is 3. The molecule has 1 aromatic rings. The van der Waals surface area contributed by atoms with Crippen LogP contribution >= 0.6 is 23.4 Å². The highest BCUT2D eigenvalue weighted by Crippen LogP contribution is 2.25. The fraction of sp³-hybridized carbons (Fsp3) is 0.286. The van der Waals surface area contributed by atoms with Crippen LogP contribution in [0.4, 0.5) is 0 Å². The SMILES string of the molecule is COc1ncc(SC)cc1Cl. The summed E-state index contributed by atoms with van der Waals surface area (Å²) in [5.41, 5.74) is 0. The molecule has 2 nitrogen and oxygen atoms in total. The predicted octanol–water partition coefficient (Wildman–Crippen LogP) is 2.47. The fourth-order valence-electron chi connectivity index (χ4n) is 0.670. The summed E-state index contributed by atoms with van der Waals surface area (Å²) in [6, 6.07) is 1.83. The third-order valence-electron chi connectivity index (χ3n) is 1.21. The molecular formula is C7H8ClNOS. The van der Waals surface area contributed by atoms with Crippen LogP contribution in [-0.4, -0.2) is 18.3 Å². The summed E-state index contributed by atoms with van der Waals surface area (Å²) in [6.45, 7) is 0. The van der Waals surface area contributed by atoms with Crippen LogP contribution in [-0.2, 0) is 0 Å². The van der Waals surface area contributed by atoms with Gasteiger partial charge in [0.2, 0.25) is 5.88 Å². The van der Waals surface area contributed by atoms with E-state index in [1.165, 1.54) is 0 Å². The lowest BCUT2D eigenvalue weighted by molar-refractivity contribution is 0.397. The van der Waals surface area contributed by atoms with Crippen molar-refractivity contribution in [3.05, 3.63) is 17.3 Å². The van der Waals surface area contributed by atoms with E-state index in [2.05, 4.69) is 4.98 Å². The van der Waals surface area contributed by atoms with Crippen molar-refractivity contribution in [2.75, 3.05) is 13.4 Å². The Kier molecular flexibility index (Phi) is 3.02. The highest BCUT2D eigenvalue weighted by Gasteiger charge is 2.01. The topological polar surface area (TPSA) is 22.1 Å². The summed E-state index contributed by atoms with van der Waals surface area (Å²) in [5, 5.41) is 0.555. The largest absolute Gasteiger partial charge is 0.480 e. The molecule has 0 N–H and O–H groups in total. The zero-order chi connectivity index (χ0) is 8.27. The number of hydrogen-bond donors (Lipinski definition) is 0. The Morgan fingerprint density at radius 1 is 1.64 bits per heavy atom. The van der Waals surface area contributed by atoms with Gasteiger partial charge in [0, 0.05) is 11.1 Å².